The molecule has 1 amide bonds. The molecule has 3 heterocycles. The molecule has 2 saturated carbocycles. The first-order valence-corrected chi connectivity index (χ1v) is 11.4. The van der Waals surface area contributed by atoms with Gasteiger partial charge in [-0.2, -0.15) is 0 Å². The highest BCUT2D eigenvalue weighted by atomic mass is 32.2. The molecule has 150 valence electrons. The van der Waals surface area contributed by atoms with E-state index < -0.39 is 11.0 Å². The van der Waals surface area contributed by atoms with Gasteiger partial charge in [-0.05, 0) is 70.4 Å². The summed E-state index contributed by atoms with van der Waals surface area (Å²) in [6.07, 6.45) is 7.65. The van der Waals surface area contributed by atoms with Crippen molar-refractivity contribution in [3.63, 3.8) is 0 Å². The molecule has 28 heavy (non-hydrogen) atoms. The van der Waals surface area contributed by atoms with E-state index in [1.165, 1.54) is 18.4 Å². The molecule has 2 aromatic rings. The molecular weight excluding hydrogens is 372 g/mol. The van der Waals surface area contributed by atoms with Crippen molar-refractivity contribution in [2.75, 3.05) is 11.4 Å². The fourth-order valence-electron chi connectivity index (χ4n) is 4.06. The van der Waals surface area contributed by atoms with E-state index in [1.807, 2.05) is 38.8 Å². The smallest absolute Gasteiger partial charge is 0.230 e. The summed E-state index contributed by atoms with van der Waals surface area (Å²) in [6, 6.07) is 2.04. The number of carbonyl (C=O) groups excluding carboxylic acids is 1. The Morgan fingerprint density at radius 1 is 1.29 bits per heavy atom. The number of nitrogens with one attached hydrogen (secondary N) is 1. The van der Waals surface area contributed by atoms with Crippen LogP contribution in [0.15, 0.2) is 18.5 Å². The zero-order valence-electron chi connectivity index (χ0n) is 16.9. The largest absolute Gasteiger partial charge is 0.308 e. The van der Waals surface area contributed by atoms with Crippen LogP contribution in [0.4, 0.5) is 5.69 Å². The van der Waals surface area contributed by atoms with Crippen molar-refractivity contribution >= 4 is 28.2 Å². The Labute approximate surface area is 168 Å². The predicted octanol–water partition coefficient (Wildman–Crippen LogP) is 3.31. The first kappa shape index (κ1) is 18.3. The Bertz CT molecular complexity index is 988. The number of anilines is 1. The van der Waals surface area contributed by atoms with Crippen LogP contribution in [0.1, 0.15) is 70.2 Å². The van der Waals surface area contributed by atoms with Crippen LogP contribution in [-0.2, 0) is 15.8 Å². The summed E-state index contributed by atoms with van der Waals surface area (Å²) in [4.78, 5) is 19.5. The first-order chi connectivity index (χ1) is 13.2. The maximum Gasteiger partial charge on any atom is 0.230 e. The fraction of sp³-hybridized carbons (Fsp3) is 0.619. The average Bonchev–Trinajstić information content (AvgIpc) is 3.53. The molecule has 3 unspecified atom stereocenters. The van der Waals surface area contributed by atoms with E-state index in [2.05, 4.69) is 21.4 Å². The van der Waals surface area contributed by atoms with Crippen LogP contribution in [0.5, 0.6) is 0 Å². The monoisotopic (exact) mass is 400 g/mol. The van der Waals surface area contributed by atoms with Crippen molar-refractivity contribution in [2.24, 2.45) is 11.8 Å². The van der Waals surface area contributed by atoms with Crippen LogP contribution in [0, 0.1) is 11.8 Å². The molecule has 2 aliphatic carbocycles. The van der Waals surface area contributed by atoms with E-state index in [0.717, 1.165) is 30.0 Å². The molecule has 7 heteroatoms. The maximum absolute atomic E-state index is 12.7. The van der Waals surface area contributed by atoms with Crippen LogP contribution in [0.25, 0.3) is 5.65 Å². The Balaban J connectivity index is 1.52. The molecule has 0 bridgehead atoms. The highest BCUT2D eigenvalue weighted by Crippen LogP contribution is 2.49. The molecule has 6 nitrogen and oxygen atoms in total. The lowest BCUT2D eigenvalue weighted by molar-refractivity contribution is -0.118. The maximum atomic E-state index is 12.7. The summed E-state index contributed by atoms with van der Waals surface area (Å²) in [5.41, 5.74) is 3.91. The first-order valence-electron chi connectivity index (χ1n) is 10.2. The minimum Gasteiger partial charge on any atom is -0.308 e. The number of carbonyl (C=O) groups is 1. The molecule has 0 aromatic carbocycles. The van der Waals surface area contributed by atoms with E-state index in [1.54, 1.807) is 0 Å². The van der Waals surface area contributed by atoms with Gasteiger partial charge in [0, 0.05) is 24.9 Å². The van der Waals surface area contributed by atoms with Crippen molar-refractivity contribution in [3.05, 3.63) is 29.7 Å². The lowest BCUT2D eigenvalue weighted by Crippen LogP contribution is -2.34. The SMILES string of the molecule is C[C@@H](NS(=O)C(C)(C)C)c1cn2cc(C3CC3)cc(N3CC4CC4C3=O)c2n1. The molecular formula is C21H28N4O2S. The van der Waals surface area contributed by atoms with E-state index >= 15 is 0 Å². The fourth-order valence-corrected chi connectivity index (χ4v) is 4.85. The van der Waals surface area contributed by atoms with E-state index in [4.69, 9.17) is 4.98 Å². The van der Waals surface area contributed by atoms with Crippen LogP contribution < -0.4 is 9.62 Å². The highest BCUT2D eigenvalue weighted by molar-refractivity contribution is 7.84. The molecule has 2 aromatic heterocycles. The molecule has 3 aliphatic rings. The number of amides is 1. The van der Waals surface area contributed by atoms with Crippen LogP contribution >= 0.6 is 0 Å². The van der Waals surface area contributed by atoms with Gasteiger partial charge in [-0.3, -0.25) is 4.79 Å². The van der Waals surface area contributed by atoms with Gasteiger partial charge >= 0.3 is 0 Å². The van der Waals surface area contributed by atoms with Gasteiger partial charge < -0.3 is 9.30 Å². The number of piperidine rings is 1. The normalized spacial score (nSPS) is 26.6. The van der Waals surface area contributed by atoms with E-state index in [-0.39, 0.29) is 22.6 Å². The molecule has 0 spiro atoms. The van der Waals surface area contributed by atoms with Gasteiger partial charge in [-0.1, -0.05) is 0 Å². The minimum absolute atomic E-state index is 0.139. The van der Waals surface area contributed by atoms with Crippen molar-refractivity contribution in [1.29, 1.82) is 0 Å². The van der Waals surface area contributed by atoms with Crippen LogP contribution in [0.3, 0.4) is 0 Å². The molecule has 4 atom stereocenters. The zero-order chi connectivity index (χ0) is 19.8. The van der Waals surface area contributed by atoms with E-state index in [0.29, 0.717) is 11.8 Å². The summed E-state index contributed by atoms with van der Waals surface area (Å²) in [7, 11) is -1.17. The molecule has 5 rings (SSSR count). The van der Waals surface area contributed by atoms with Crippen molar-refractivity contribution in [1.82, 2.24) is 14.1 Å². The van der Waals surface area contributed by atoms with Crippen LogP contribution in [0.2, 0.25) is 0 Å². The van der Waals surface area contributed by atoms with Crippen molar-refractivity contribution in [2.45, 2.75) is 63.7 Å². The summed E-state index contributed by atoms with van der Waals surface area (Å²) in [5, 5.41) is 0. The second-order valence-electron chi connectivity index (χ2n) is 9.60. The van der Waals surface area contributed by atoms with Gasteiger partial charge in [0.25, 0.3) is 0 Å². The molecule has 1 aliphatic heterocycles. The predicted molar refractivity (Wildman–Crippen MR) is 111 cm³/mol. The minimum atomic E-state index is -1.17. The molecule has 3 fully saturated rings. The second-order valence-corrected chi connectivity index (χ2v) is 11.6. The molecule has 1 N–H and O–H groups in total. The third kappa shape index (κ3) is 3.08. The number of imidazole rings is 1. The number of aromatic nitrogens is 2. The van der Waals surface area contributed by atoms with Crippen molar-refractivity contribution in [3.8, 4) is 0 Å². The number of rotatable bonds is 5. The topological polar surface area (TPSA) is 66.7 Å². The van der Waals surface area contributed by atoms with Gasteiger partial charge in [0.2, 0.25) is 5.91 Å². The third-order valence-corrected chi connectivity index (χ3v) is 7.80. The molecule has 0 radical (unpaired) electrons. The Kier molecular flexibility index (Phi) is 4.01. The number of fused-ring (bicyclic) bond motifs is 2. The van der Waals surface area contributed by atoms with Gasteiger partial charge in [0.15, 0.2) is 5.65 Å². The summed E-state index contributed by atoms with van der Waals surface area (Å²) < 4.78 is 17.4. The van der Waals surface area contributed by atoms with Gasteiger partial charge in [-0.25, -0.2) is 13.9 Å². The Morgan fingerprint density at radius 2 is 2.04 bits per heavy atom. The number of nitrogens with zero attached hydrogens (tertiary/aromatic N) is 3. The number of hydrogen-bond acceptors (Lipinski definition) is 3. The summed E-state index contributed by atoms with van der Waals surface area (Å²) in [5.74, 6) is 1.62. The lowest BCUT2D eigenvalue weighted by Gasteiger charge is -2.21. The van der Waals surface area contributed by atoms with Crippen LogP contribution in [-0.4, -0.2) is 30.8 Å². The average molecular weight is 401 g/mol. The highest BCUT2D eigenvalue weighted by Gasteiger charge is 2.53. The van der Waals surface area contributed by atoms with Gasteiger partial charge in [-0.15, -0.1) is 0 Å². The van der Waals surface area contributed by atoms with Gasteiger partial charge in [0.1, 0.15) is 0 Å². The molecule has 1 saturated heterocycles. The van der Waals surface area contributed by atoms with Gasteiger partial charge in [0.05, 0.1) is 33.2 Å². The second kappa shape index (κ2) is 6.13. The quantitative estimate of drug-likeness (QED) is 0.837. The summed E-state index contributed by atoms with van der Waals surface area (Å²) >= 11 is 0. The third-order valence-electron chi connectivity index (χ3n) is 6.12. The lowest BCUT2D eigenvalue weighted by atomic mass is 10.1. The summed E-state index contributed by atoms with van der Waals surface area (Å²) in [6.45, 7) is 8.67. The Hall–Kier alpha value is -1.73. The van der Waals surface area contributed by atoms with Crippen molar-refractivity contribution < 1.29 is 9.00 Å². The Morgan fingerprint density at radius 3 is 2.64 bits per heavy atom. The number of hydrogen-bond donors (Lipinski definition) is 1. The zero-order valence-corrected chi connectivity index (χ0v) is 17.8. The van der Waals surface area contributed by atoms with E-state index in [9.17, 15) is 9.00 Å². The number of pyridine rings is 1. The standard InChI is InChI=1S/C21H28N4O2S/c1-12(23-28(27)21(2,3)4)17-11-24-9-14(13-5-6-13)8-18(19(24)22-17)25-10-15-7-16(15)20(25)26/h8-9,11-13,15-16,23H,5-7,10H2,1-4H3/t12-,15?,16?,28?/m1/s1.